The summed E-state index contributed by atoms with van der Waals surface area (Å²) in [5.41, 5.74) is 7.11. The molecule has 0 saturated carbocycles. The summed E-state index contributed by atoms with van der Waals surface area (Å²) in [5.74, 6) is 0.488. The normalized spacial score (nSPS) is 16.0. The molecule has 3 nitrogen and oxygen atoms in total. The Labute approximate surface area is 115 Å². The van der Waals surface area contributed by atoms with Crippen LogP contribution in [0, 0.1) is 5.92 Å². The first kappa shape index (κ1) is 15.0. The minimum absolute atomic E-state index is 0. The zero-order chi connectivity index (χ0) is 12.1. The summed E-state index contributed by atoms with van der Waals surface area (Å²) >= 11 is 0. The average Bonchev–Trinajstić information content (AvgIpc) is 2.38. The molecule has 2 rings (SSSR count). The van der Waals surface area contributed by atoms with Gasteiger partial charge in [-0.05, 0) is 62.4 Å². The predicted octanol–water partition coefficient (Wildman–Crippen LogP) is 2.14. The molecule has 0 aliphatic carbocycles. The SMILES string of the molecule is Cl.NC(=O)c1cccc(CCC2CCNCC2)c1. The molecule has 1 saturated heterocycles. The van der Waals surface area contributed by atoms with Crippen molar-refractivity contribution >= 4 is 18.3 Å². The summed E-state index contributed by atoms with van der Waals surface area (Å²) in [5, 5.41) is 3.38. The Bertz CT molecular complexity index is 389. The minimum atomic E-state index is -0.339. The lowest BCUT2D eigenvalue weighted by Crippen LogP contribution is -2.27. The Hall–Kier alpha value is -1.06. The van der Waals surface area contributed by atoms with E-state index in [0.717, 1.165) is 25.4 Å². The Morgan fingerprint density at radius 3 is 2.72 bits per heavy atom. The molecule has 0 radical (unpaired) electrons. The lowest BCUT2D eigenvalue weighted by Gasteiger charge is -2.22. The first-order valence-corrected chi connectivity index (χ1v) is 6.35. The number of carbonyl (C=O) groups excluding carboxylic acids is 1. The number of nitrogens with one attached hydrogen (secondary N) is 1. The third kappa shape index (κ3) is 4.31. The molecule has 0 aromatic heterocycles. The first-order valence-electron chi connectivity index (χ1n) is 6.35. The van der Waals surface area contributed by atoms with Crippen molar-refractivity contribution in [2.24, 2.45) is 11.7 Å². The van der Waals surface area contributed by atoms with Gasteiger partial charge in [-0.15, -0.1) is 12.4 Å². The van der Waals surface area contributed by atoms with E-state index in [0.29, 0.717) is 5.56 Å². The molecule has 1 aromatic rings. The van der Waals surface area contributed by atoms with Gasteiger partial charge in [-0.1, -0.05) is 12.1 Å². The Balaban J connectivity index is 0.00000162. The molecule has 100 valence electrons. The fraction of sp³-hybridized carbons (Fsp3) is 0.500. The van der Waals surface area contributed by atoms with Crippen LogP contribution in [0.1, 0.15) is 35.2 Å². The fourth-order valence-electron chi connectivity index (χ4n) is 2.42. The van der Waals surface area contributed by atoms with E-state index in [1.54, 1.807) is 6.07 Å². The molecule has 18 heavy (non-hydrogen) atoms. The molecule has 4 heteroatoms. The van der Waals surface area contributed by atoms with Crippen LogP contribution >= 0.6 is 12.4 Å². The van der Waals surface area contributed by atoms with E-state index >= 15 is 0 Å². The molecule has 0 unspecified atom stereocenters. The number of aryl methyl sites for hydroxylation is 1. The third-order valence-electron chi connectivity index (χ3n) is 3.51. The van der Waals surface area contributed by atoms with Crippen LogP contribution in [0.2, 0.25) is 0 Å². The standard InChI is InChI=1S/C14H20N2O.ClH/c15-14(17)13-3-1-2-12(10-13)5-4-11-6-8-16-9-7-11;/h1-3,10-11,16H,4-9H2,(H2,15,17);1H. The van der Waals surface area contributed by atoms with Gasteiger partial charge in [-0.3, -0.25) is 4.79 Å². The predicted molar refractivity (Wildman–Crippen MR) is 76.1 cm³/mol. The molecule has 1 aliphatic heterocycles. The van der Waals surface area contributed by atoms with Crippen LogP contribution < -0.4 is 11.1 Å². The van der Waals surface area contributed by atoms with Gasteiger partial charge in [0.25, 0.3) is 0 Å². The van der Waals surface area contributed by atoms with Crippen LogP contribution in [0.4, 0.5) is 0 Å². The van der Waals surface area contributed by atoms with Crippen LogP contribution in [0.5, 0.6) is 0 Å². The summed E-state index contributed by atoms with van der Waals surface area (Å²) in [4.78, 5) is 11.1. The van der Waals surface area contributed by atoms with E-state index in [-0.39, 0.29) is 18.3 Å². The maximum Gasteiger partial charge on any atom is 0.248 e. The van der Waals surface area contributed by atoms with Crippen molar-refractivity contribution in [3.8, 4) is 0 Å². The number of piperidine rings is 1. The third-order valence-corrected chi connectivity index (χ3v) is 3.51. The second-order valence-electron chi connectivity index (χ2n) is 4.80. The minimum Gasteiger partial charge on any atom is -0.366 e. The number of primary amides is 1. The zero-order valence-corrected chi connectivity index (χ0v) is 11.3. The summed E-state index contributed by atoms with van der Waals surface area (Å²) in [6, 6.07) is 7.69. The number of amides is 1. The molecule has 1 amide bonds. The highest BCUT2D eigenvalue weighted by molar-refractivity contribution is 5.92. The van der Waals surface area contributed by atoms with Gasteiger partial charge in [-0.25, -0.2) is 0 Å². The fourth-order valence-corrected chi connectivity index (χ4v) is 2.42. The van der Waals surface area contributed by atoms with E-state index in [1.807, 2.05) is 12.1 Å². The Morgan fingerprint density at radius 2 is 2.06 bits per heavy atom. The highest BCUT2D eigenvalue weighted by Gasteiger charge is 2.12. The number of halogens is 1. The highest BCUT2D eigenvalue weighted by atomic mass is 35.5. The molecular weight excluding hydrogens is 248 g/mol. The first-order chi connectivity index (χ1) is 8.25. The molecule has 3 N–H and O–H groups in total. The summed E-state index contributed by atoms with van der Waals surface area (Å²) in [7, 11) is 0. The summed E-state index contributed by atoms with van der Waals surface area (Å²) in [6.45, 7) is 2.29. The van der Waals surface area contributed by atoms with Gasteiger partial charge in [0.2, 0.25) is 5.91 Å². The molecule has 0 spiro atoms. The van der Waals surface area contributed by atoms with E-state index in [1.165, 1.54) is 24.8 Å². The maximum atomic E-state index is 11.1. The van der Waals surface area contributed by atoms with Crippen molar-refractivity contribution in [3.05, 3.63) is 35.4 Å². The lowest BCUT2D eigenvalue weighted by molar-refractivity contribution is 0.1000. The van der Waals surface area contributed by atoms with E-state index < -0.39 is 0 Å². The van der Waals surface area contributed by atoms with Crippen LogP contribution in [-0.2, 0) is 6.42 Å². The molecule has 0 bridgehead atoms. The molecular formula is C14H21ClN2O. The van der Waals surface area contributed by atoms with Gasteiger partial charge in [0, 0.05) is 5.56 Å². The smallest absolute Gasteiger partial charge is 0.248 e. The van der Waals surface area contributed by atoms with E-state index in [9.17, 15) is 4.79 Å². The van der Waals surface area contributed by atoms with Crippen LogP contribution in [0.15, 0.2) is 24.3 Å². The van der Waals surface area contributed by atoms with Gasteiger partial charge in [0.15, 0.2) is 0 Å². The Morgan fingerprint density at radius 1 is 1.33 bits per heavy atom. The van der Waals surface area contributed by atoms with Gasteiger partial charge in [0.1, 0.15) is 0 Å². The van der Waals surface area contributed by atoms with Gasteiger partial charge >= 0.3 is 0 Å². The average molecular weight is 269 g/mol. The van der Waals surface area contributed by atoms with Crippen molar-refractivity contribution in [2.45, 2.75) is 25.7 Å². The number of rotatable bonds is 4. The van der Waals surface area contributed by atoms with Crippen LogP contribution in [0.3, 0.4) is 0 Å². The number of hydrogen-bond acceptors (Lipinski definition) is 2. The van der Waals surface area contributed by atoms with Crippen molar-refractivity contribution in [1.82, 2.24) is 5.32 Å². The van der Waals surface area contributed by atoms with E-state index in [4.69, 9.17) is 5.73 Å². The molecule has 1 aromatic carbocycles. The van der Waals surface area contributed by atoms with Crippen molar-refractivity contribution in [2.75, 3.05) is 13.1 Å². The van der Waals surface area contributed by atoms with Crippen LogP contribution in [0.25, 0.3) is 0 Å². The molecule has 0 atom stereocenters. The summed E-state index contributed by atoms with van der Waals surface area (Å²) in [6.07, 6.45) is 4.81. The second-order valence-corrected chi connectivity index (χ2v) is 4.80. The maximum absolute atomic E-state index is 11.1. The van der Waals surface area contributed by atoms with Gasteiger partial charge < -0.3 is 11.1 Å². The lowest BCUT2D eigenvalue weighted by atomic mass is 9.91. The van der Waals surface area contributed by atoms with Gasteiger partial charge in [0.05, 0.1) is 0 Å². The van der Waals surface area contributed by atoms with E-state index in [2.05, 4.69) is 11.4 Å². The second kappa shape index (κ2) is 7.39. The summed E-state index contributed by atoms with van der Waals surface area (Å²) < 4.78 is 0. The van der Waals surface area contributed by atoms with Crippen molar-refractivity contribution in [1.29, 1.82) is 0 Å². The molecule has 1 fully saturated rings. The van der Waals surface area contributed by atoms with Crippen molar-refractivity contribution < 1.29 is 4.79 Å². The number of carbonyl (C=O) groups is 1. The number of nitrogens with two attached hydrogens (primary N) is 1. The molecule has 1 heterocycles. The number of benzene rings is 1. The monoisotopic (exact) mass is 268 g/mol. The number of hydrogen-bond donors (Lipinski definition) is 2. The molecule has 1 aliphatic rings. The zero-order valence-electron chi connectivity index (χ0n) is 10.5. The topological polar surface area (TPSA) is 55.1 Å². The largest absolute Gasteiger partial charge is 0.366 e. The highest BCUT2D eigenvalue weighted by Crippen LogP contribution is 2.19. The van der Waals surface area contributed by atoms with Gasteiger partial charge in [-0.2, -0.15) is 0 Å². The van der Waals surface area contributed by atoms with Crippen LogP contribution in [-0.4, -0.2) is 19.0 Å². The van der Waals surface area contributed by atoms with Crippen molar-refractivity contribution in [3.63, 3.8) is 0 Å². The quantitative estimate of drug-likeness (QED) is 0.879. The Kier molecular flexibility index (Phi) is 6.16.